The Morgan fingerprint density at radius 2 is 2.45 bits per heavy atom. The molecular formula is C16H18ClN3O2. The summed E-state index contributed by atoms with van der Waals surface area (Å²) in [4.78, 5) is 12.4. The van der Waals surface area contributed by atoms with E-state index >= 15 is 0 Å². The Kier molecular flexibility index (Phi) is 4.34. The van der Waals surface area contributed by atoms with Crippen molar-refractivity contribution in [2.75, 3.05) is 6.61 Å². The van der Waals surface area contributed by atoms with E-state index in [2.05, 4.69) is 10.4 Å². The van der Waals surface area contributed by atoms with E-state index in [1.54, 1.807) is 16.9 Å². The van der Waals surface area contributed by atoms with Crippen molar-refractivity contribution < 1.29 is 9.53 Å². The molecule has 1 N–H and O–H groups in total. The molecule has 116 valence electrons. The zero-order chi connectivity index (χ0) is 15.5. The summed E-state index contributed by atoms with van der Waals surface area (Å²) in [6, 6.07) is 7.39. The second-order valence-corrected chi connectivity index (χ2v) is 6.04. The van der Waals surface area contributed by atoms with Crippen LogP contribution in [0.3, 0.4) is 0 Å². The largest absolute Gasteiger partial charge is 0.492 e. The van der Waals surface area contributed by atoms with Gasteiger partial charge in [-0.3, -0.25) is 9.48 Å². The summed E-state index contributed by atoms with van der Waals surface area (Å²) in [5.41, 5.74) is 0.985. The third-order valence-corrected chi connectivity index (χ3v) is 3.94. The Morgan fingerprint density at radius 3 is 3.23 bits per heavy atom. The van der Waals surface area contributed by atoms with Crippen molar-refractivity contribution in [1.82, 2.24) is 15.1 Å². The predicted octanol–water partition coefficient (Wildman–Crippen LogP) is 2.29. The summed E-state index contributed by atoms with van der Waals surface area (Å²) in [6.07, 6.45) is 4.25. The van der Waals surface area contributed by atoms with E-state index in [4.69, 9.17) is 16.3 Å². The summed E-state index contributed by atoms with van der Waals surface area (Å²) < 4.78 is 7.47. The molecule has 1 amide bonds. The summed E-state index contributed by atoms with van der Waals surface area (Å²) in [6.45, 7) is 3.01. The van der Waals surface area contributed by atoms with Crippen molar-refractivity contribution in [3.63, 3.8) is 0 Å². The molecule has 3 rings (SSSR count). The number of carbonyl (C=O) groups excluding carboxylic acids is 1. The summed E-state index contributed by atoms with van der Waals surface area (Å²) >= 11 is 6.00. The van der Waals surface area contributed by atoms with E-state index in [0.29, 0.717) is 24.6 Å². The topological polar surface area (TPSA) is 56.2 Å². The number of hydrogen-bond donors (Lipinski definition) is 1. The zero-order valence-electron chi connectivity index (χ0n) is 12.3. The molecule has 0 saturated carbocycles. The Morgan fingerprint density at radius 1 is 1.59 bits per heavy atom. The molecule has 1 aromatic heterocycles. The van der Waals surface area contributed by atoms with E-state index in [1.807, 2.05) is 31.3 Å². The number of fused-ring (bicyclic) bond motifs is 1. The number of benzene rings is 1. The average Bonchev–Trinajstić information content (AvgIpc) is 2.99. The fourth-order valence-electron chi connectivity index (χ4n) is 2.63. The Labute approximate surface area is 134 Å². The molecule has 0 aliphatic carbocycles. The van der Waals surface area contributed by atoms with Crippen LogP contribution in [0.4, 0.5) is 0 Å². The predicted molar refractivity (Wildman–Crippen MR) is 84.0 cm³/mol. The number of rotatable bonds is 4. The SMILES string of the molecule is C[C@H](Cn1cccn1)NC(=O)[C@H]1COc2ccc(Cl)cc2C1. The maximum Gasteiger partial charge on any atom is 0.227 e. The first-order chi connectivity index (χ1) is 10.6. The molecule has 0 radical (unpaired) electrons. The van der Waals surface area contributed by atoms with Gasteiger partial charge in [-0.05, 0) is 43.2 Å². The van der Waals surface area contributed by atoms with E-state index in [9.17, 15) is 4.79 Å². The molecule has 5 nitrogen and oxygen atoms in total. The number of nitrogens with zero attached hydrogens (tertiary/aromatic N) is 2. The van der Waals surface area contributed by atoms with Crippen molar-refractivity contribution in [3.8, 4) is 5.75 Å². The average molecular weight is 320 g/mol. The number of ether oxygens (including phenoxy) is 1. The Hall–Kier alpha value is -2.01. The highest BCUT2D eigenvalue weighted by atomic mass is 35.5. The molecule has 0 saturated heterocycles. The smallest absolute Gasteiger partial charge is 0.227 e. The lowest BCUT2D eigenvalue weighted by Crippen LogP contribution is -2.43. The molecule has 0 spiro atoms. The minimum absolute atomic E-state index is 0.00489. The van der Waals surface area contributed by atoms with Gasteiger partial charge in [0.15, 0.2) is 0 Å². The van der Waals surface area contributed by atoms with Crippen LogP contribution in [0, 0.1) is 5.92 Å². The van der Waals surface area contributed by atoms with Crippen LogP contribution in [0.2, 0.25) is 5.02 Å². The highest BCUT2D eigenvalue weighted by Gasteiger charge is 2.27. The highest BCUT2D eigenvalue weighted by molar-refractivity contribution is 6.30. The lowest BCUT2D eigenvalue weighted by Gasteiger charge is -2.26. The Bertz CT molecular complexity index is 657. The van der Waals surface area contributed by atoms with Gasteiger partial charge in [0.05, 0.1) is 12.5 Å². The van der Waals surface area contributed by atoms with E-state index < -0.39 is 0 Å². The molecular weight excluding hydrogens is 302 g/mol. The van der Waals surface area contributed by atoms with Gasteiger partial charge in [-0.2, -0.15) is 5.10 Å². The molecule has 0 unspecified atom stereocenters. The number of carbonyl (C=O) groups is 1. The minimum Gasteiger partial charge on any atom is -0.492 e. The van der Waals surface area contributed by atoms with Crippen molar-refractivity contribution in [2.24, 2.45) is 5.92 Å². The minimum atomic E-state index is -0.189. The van der Waals surface area contributed by atoms with Gasteiger partial charge in [0, 0.05) is 23.5 Å². The second kappa shape index (κ2) is 6.40. The van der Waals surface area contributed by atoms with Crippen molar-refractivity contribution in [1.29, 1.82) is 0 Å². The number of amides is 1. The monoisotopic (exact) mass is 319 g/mol. The summed E-state index contributed by atoms with van der Waals surface area (Å²) in [5.74, 6) is 0.634. The molecule has 1 aliphatic rings. The van der Waals surface area contributed by atoms with E-state index in [-0.39, 0.29) is 17.9 Å². The standard InChI is InChI=1S/C16H18ClN3O2/c1-11(9-20-6-2-5-18-20)19-16(21)13-7-12-8-14(17)3-4-15(12)22-10-13/h2-6,8,11,13H,7,9-10H2,1H3,(H,19,21)/t11-,13-/m1/s1. The van der Waals surface area contributed by atoms with Crippen LogP contribution in [0.25, 0.3) is 0 Å². The maximum absolute atomic E-state index is 12.4. The Balaban J connectivity index is 1.59. The lowest BCUT2D eigenvalue weighted by atomic mass is 9.96. The van der Waals surface area contributed by atoms with Gasteiger partial charge in [0.1, 0.15) is 12.4 Å². The van der Waals surface area contributed by atoms with Crippen LogP contribution in [-0.2, 0) is 17.8 Å². The van der Waals surface area contributed by atoms with Crippen molar-refractivity contribution >= 4 is 17.5 Å². The molecule has 6 heteroatoms. The third kappa shape index (κ3) is 3.42. The van der Waals surface area contributed by atoms with Crippen LogP contribution in [-0.4, -0.2) is 28.3 Å². The van der Waals surface area contributed by atoms with Crippen molar-refractivity contribution in [3.05, 3.63) is 47.2 Å². The second-order valence-electron chi connectivity index (χ2n) is 5.60. The summed E-state index contributed by atoms with van der Waals surface area (Å²) in [7, 11) is 0. The van der Waals surface area contributed by atoms with Gasteiger partial charge < -0.3 is 10.1 Å². The number of nitrogens with one attached hydrogen (secondary N) is 1. The molecule has 22 heavy (non-hydrogen) atoms. The molecule has 1 aliphatic heterocycles. The van der Waals surface area contributed by atoms with Gasteiger partial charge in [-0.15, -0.1) is 0 Å². The molecule has 2 heterocycles. The van der Waals surface area contributed by atoms with Crippen LogP contribution < -0.4 is 10.1 Å². The number of aromatic nitrogens is 2. The fraction of sp³-hybridized carbons (Fsp3) is 0.375. The first-order valence-electron chi connectivity index (χ1n) is 7.31. The number of halogens is 1. The molecule has 1 aromatic carbocycles. The van der Waals surface area contributed by atoms with Gasteiger partial charge in [-0.25, -0.2) is 0 Å². The number of hydrogen-bond acceptors (Lipinski definition) is 3. The quantitative estimate of drug-likeness (QED) is 0.940. The molecule has 0 bridgehead atoms. The lowest BCUT2D eigenvalue weighted by molar-refractivity contribution is -0.127. The van der Waals surface area contributed by atoms with Gasteiger partial charge in [0.25, 0.3) is 0 Å². The highest BCUT2D eigenvalue weighted by Crippen LogP contribution is 2.29. The van der Waals surface area contributed by atoms with Gasteiger partial charge in [-0.1, -0.05) is 11.6 Å². The zero-order valence-corrected chi connectivity index (χ0v) is 13.1. The third-order valence-electron chi connectivity index (χ3n) is 3.71. The van der Waals surface area contributed by atoms with E-state index in [1.165, 1.54) is 0 Å². The maximum atomic E-state index is 12.4. The van der Waals surface area contributed by atoms with Crippen LogP contribution in [0.1, 0.15) is 12.5 Å². The fourth-order valence-corrected chi connectivity index (χ4v) is 2.82. The van der Waals surface area contributed by atoms with Gasteiger partial charge in [0.2, 0.25) is 5.91 Å². The molecule has 2 atom stereocenters. The van der Waals surface area contributed by atoms with Crippen LogP contribution in [0.5, 0.6) is 5.75 Å². The van der Waals surface area contributed by atoms with Crippen molar-refractivity contribution in [2.45, 2.75) is 25.9 Å². The normalized spacial score (nSPS) is 18.2. The molecule has 2 aromatic rings. The first-order valence-corrected chi connectivity index (χ1v) is 7.68. The van der Waals surface area contributed by atoms with Crippen LogP contribution >= 0.6 is 11.6 Å². The first kappa shape index (κ1) is 14.9. The van der Waals surface area contributed by atoms with Crippen LogP contribution in [0.15, 0.2) is 36.7 Å². The summed E-state index contributed by atoms with van der Waals surface area (Å²) in [5, 5.41) is 7.82. The molecule has 0 fully saturated rings. The van der Waals surface area contributed by atoms with E-state index in [0.717, 1.165) is 11.3 Å². The van der Waals surface area contributed by atoms with Gasteiger partial charge >= 0.3 is 0 Å².